The first-order valence-corrected chi connectivity index (χ1v) is 14.4. The zero-order chi connectivity index (χ0) is 28.5. The first-order valence-electron chi connectivity index (χ1n) is 12.8. The molecule has 0 radical (unpaired) electrons. The summed E-state index contributed by atoms with van der Waals surface area (Å²) in [6.45, 7) is 13.3. The molecule has 2 aliphatic heterocycles. The van der Waals surface area contributed by atoms with Gasteiger partial charge in [-0.3, -0.25) is 14.9 Å². The molecule has 0 spiro atoms. The molecule has 1 N–H and O–H groups in total. The molecule has 2 amide bonds. The highest BCUT2D eigenvalue weighted by molar-refractivity contribution is 9.10. The summed E-state index contributed by atoms with van der Waals surface area (Å²) in [7, 11) is 1.56. The van der Waals surface area contributed by atoms with Gasteiger partial charge in [0.1, 0.15) is 30.3 Å². The molecule has 4 rings (SSSR count). The number of carbonyl (C=O) groups excluding carboxylic acids is 2. The largest absolute Gasteiger partial charge is 0.493 e. The van der Waals surface area contributed by atoms with E-state index in [0.29, 0.717) is 39.7 Å². The summed E-state index contributed by atoms with van der Waals surface area (Å²) < 4.78 is 25.4. The molecule has 0 saturated carbocycles. The van der Waals surface area contributed by atoms with Crippen molar-refractivity contribution in [3.63, 3.8) is 0 Å². The van der Waals surface area contributed by atoms with E-state index in [1.54, 1.807) is 19.3 Å². The van der Waals surface area contributed by atoms with Crippen LogP contribution in [0, 0.1) is 20.8 Å². The van der Waals surface area contributed by atoms with Crippen molar-refractivity contribution in [3.8, 4) is 23.0 Å². The lowest BCUT2D eigenvalue weighted by Crippen LogP contribution is -2.42. The summed E-state index contributed by atoms with van der Waals surface area (Å²) in [6.07, 6.45) is 5.36. The van der Waals surface area contributed by atoms with Gasteiger partial charge >= 0.3 is 0 Å². The first-order chi connectivity index (χ1) is 18.4. The number of thioether (sulfide) groups is 1. The average molecular weight is 617 g/mol. The summed E-state index contributed by atoms with van der Waals surface area (Å²) in [5, 5.41) is 1.88. The van der Waals surface area contributed by atoms with Crippen LogP contribution in [0.4, 0.5) is 4.79 Å². The third kappa shape index (κ3) is 6.30. The number of halogens is 1. The number of rotatable bonds is 8. The number of imide groups is 1. The lowest BCUT2D eigenvalue weighted by atomic mass is 9.87. The third-order valence-corrected chi connectivity index (χ3v) is 8.40. The fourth-order valence-electron chi connectivity index (χ4n) is 4.65. The van der Waals surface area contributed by atoms with Gasteiger partial charge in [-0.05, 0) is 129 Å². The lowest BCUT2D eigenvalue weighted by molar-refractivity contribution is -0.115. The number of nitrogens with one attached hydrogen (secondary N) is 1. The smallest absolute Gasteiger partial charge is 0.290 e. The van der Waals surface area contributed by atoms with Crippen molar-refractivity contribution in [2.45, 2.75) is 60.0 Å². The van der Waals surface area contributed by atoms with E-state index in [1.165, 1.54) is 11.1 Å². The second-order valence-corrected chi connectivity index (χ2v) is 12.2. The number of carbonyl (C=O) groups is 2. The van der Waals surface area contributed by atoms with Gasteiger partial charge in [-0.1, -0.05) is 5.57 Å². The summed E-state index contributed by atoms with van der Waals surface area (Å²) >= 11 is 4.46. The molecule has 1 saturated heterocycles. The van der Waals surface area contributed by atoms with Crippen LogP contribution < -0.4 is 24.3 Å². The van der Waals surface area contributed by atoms with Gasteiger partial charge < -0.3 is 18.9 Å². The van der Waals surface area contributed by atoms with Crippen LogP contribution in [0.3, 0.4) is 0 Å². The Morgan fingerprint density at radius 1 is 1.13 bits per heavy atom. The van der Waals surface area contributed by atoms with Gasteiger partial charge in [0.2, 0.25) is 0 Å². The second-order valence-electron chi connectivity index (χ2n) is 10.3. The Kier molecular flexibility index (Phi) is 8.71. The Balaban J connectivity index is 1.54. The Bertz CT molecular complexity index is 1390. The van der Waals surface area contributed by atoms with Crippen molar-refractivity contribution >= 4 is 44.9 Å². The monoisotopic (exact) mass is 615 g/mol. The van der Waals surface area contributed by atoms with Gasteiger partial charge in [0, 0.05) is 5.56 Å². The van der Waals surface area contributed by atoms with Gasteiger partial charge in [-0.15, -0.1) is 0 Å². The van der Waals surface area contributed by atoms with E-state index in [0.717, 1.165) is 52.8 Å². The molecule has 0 aliphatic carbocycles. The molecule has 2 aliphatic rings. The van der Waals surface area contributed by atoms with E-state index in [-0.39, 0.29) is 5.24 Å². The van der Waals surface area contributed by atoms with Gasteiger partial charge in [0.05, 0.1) is 16.5 Å². The quantitative estimate of drug-likeness (QED) is 0.248. The number of fused-ring (bicyclic) bond motifs is 1. The van der Waals surface area contributed by atoms with Gasteiger partial charge in [-0.25, -0.2) is 0 Å². The Morgan fingerprint density at radius 3 is 2.51 bits per heavy atom. The van der Waals surface area contributed by atoms with E-state index in [2.05, 4.69) is 68.9 Å². The van der Waals surface area contributed by atoms with Gasteiger partial charge in [0.15, 0.2) is 11.5 Å². The summed E-state index contributed by atoms with van der Waals surface area (Å²) in [6, 6.07) is 3.60. The number of allylic oxidation sites excluding steroid dienone is 1. The van der Waals surface area contributed by atoms with Crippen molar-refractivity contribution in [2.24, 2.45) is 0 Å². The Morgan fingerprint density at radius 2 is 1.87 bits per heavy atom. The number of ether oxygens (including phenoxy) is 4. The Hall–Kier alpha value is -2.91. The van der Waals surface area contributed by atoms with Crippen LogP contribution in [0.5, 0.6) is 23.0 Å². The minimum absolute atomic E-state index is 0.310. The molecule has 2 aromatic carbocycles. The molecular formula is C30H34BrNO6S. The third-order valence-electron chi connectivity index (χ3n) is 7.00. The predicted molar refractivity (Wildman–Crippen MR) is 158 cm³/mol. The highest BCUT2D eigenvalue weighted by Crippen LogP contribution is 2.45. The molecule has 2 heterocycles. The number of hydrogen-bond acceptors (Lipinski definition) is 7. The van der Waals surface area contributed by atoms with Crippen LogP contribution in [0.2, 0.25) is 0 Å². The topological polar surface area (TPSA) is 83.1 Å². The van der Waals surface area contributed by atoms with E-state index >= 15 is 0 Å². The summed E-state index contributed by atoms with van der Waals surface area (Å²) in [4.78, 5) is 23.8. The molecule has 2 aromatic rings. The normalized spacial score (nSPS) is 19.3. The van der Waals surface area contributed by atoms with Crippen LogP contribution in [0.25, 0.3) is 6.08 Å². The zero-order valence-electron chi connectivity index (χ0n) is 23.4. The zero-order valence-corrected chi connectivity index (χ0v) is 25.8. The molecule has 9 heteroatoms. The standard InChI is InChI=1S/C30H34BrNO6S/c1-16(2)9-11-36-25-17(3)18(4)26-21(19(25)5)8-10-30(6,38-26)15-37-27-22(31)12-20(13-23(27)35-7)14-24-28(33)32-29(34)39-24/h9,12-14H,8,10-11,15H2,1-7H3,(H,32,33,34). The van der Waals surface area contributed by atoms with E-state index < -0.39 is 11.5 Å². The molecule has 1 fully saturated rings. The predicted octanol–water partition coefficient (Wildman–Crippen LogP) is 7.21. The lowest BCUT2D eigenvalue weighted by Gasteiger charge is -2.38. The van der Waals surface area contributed by atoms with E-state index in [1.807, 2.05) is 6.07 Å². The second kappa shape index (κ2) is 11.7. The van der Waals surface area contributed by atoms with Crippen molar-refractivity contribution in [2.75, 3.05) is 20.3 Å². The minimum atomic E-state index is -0.550. The fraction of sp³-hybridized carbons (Fsp3) is 0.400. The molecular weight excluding hydrogens is 582 g/mol. The Labute approximate surface area is 242 Å². The SMILES string of the molecule is COc1cc(C=C2SC(=O)NC2=O)cc(Br)c1OCC1(C)CCc2c(C)c(OCC=C(C)C)c(C)c(C)c2O1. The maximum atomic E-state index is 11.9. The number of hydrogen-bond donors (Lipinski definition) is 1. The van der Waals surface area contributed by atoms with Crippen LogP contribution in [-0.4, -0.2) is 37.1 Å². The van der Waals surface area contributed by atoms with Crippen molar-refractivity contribution in [1.82, 2.24) is 5.32 Å². The van der Waals surface area contributed by atoms with E-state index in [9.17, 15) is 9.59 Å². The maximum Gasteiger partial charge on any atom is 0.290 e. The fourth-order valence-corrected chi connectivity index (χ4v) is 5.91. The van der Waals surface area contributed by atoms with Crippen LogP contribution in [0.15, 0.2) is 33.2 Å². The van der Waals surface area contributed by atoms with Crippen LogP contribution in [-0.2, 0) is 11.2 Å². The van der Waals surface area contributed by atoms with Crippen LogP contribution in [0.1, 0.15) is 55.0 Å². The molecule has 0 aromatic heterocycles. The molecule has 7 nitrogen and oxygen atoms in total. The summed E-state index contributed by atoms with van der Waals surface area (Å²) in [5.41, 5.74) is 5.86. The number of methoxy groups -OCH3 is 1. The highest BCUT2D eigenvalue weighted by Gasteiger charge is 2.36. The first kappa shape index (κ1) is 29.1. The van der Waals surface area contributed by atoms with Gasteiger partial charge in [-0.2, -0.15) is 0 Å². The molecule has 208 valence electrons. The highest BCUT2D eigenvalue weighted by atomic mass is 79.9. The number of amides is 2. The average Bonchev–Trinajstić information content (AvgIpc) is 3.19. The van der Waals surface area contributed by atoms with Crippen molar-refractivity contribution in [1.29, 1.82) is 0 Å². The molecule has 1 unspecified atom stereocenters. The van der Waals surface area contributed by atoms with Crippen molar-refractivity contribution < 1.29 is 28.5 Å². The van der Waals surface area contributed by atoms with Crippen molar-refractivity contribution in [3.05, 3.63) is 61.0 Å². The van der Waals surface area contributed by atoms with Crippen LogP contribution >= 0.6 is 27.7 Å². The molecule has 1 atom stereocenters. The number of benzene rings is 2. The summed E-state index contributed by atoms with van der Waals surface area (Å²) in [5.74, 6) is 2.49. The molecule has 0 bridgehead atoms. The van der Waals surface area contributed by atoms with E-state index in [4.69, 9.17) is 18.9 Å². The maximum absolute atomic E-state index is 11.9. The van der Waals surface area contributed by atoms with Gasteiger partial charge in [0.25, 0.3) is 11.1 Å². The minimum Gasteiger partial charge on any atom is -0.493 e. The molecule has 39 heavy (non-hydrogen) atoms.